The second kappa shape index (κ2) is 12.2. The number of aromatic amines is 1. The van der Waals surface area contributed by atoms with Crippen LogP contribution in [0.4, 0.5) is 30.7 Å². The highest BCUT2D eigenvalue weighted by Gasteiger charge is 2.38. The van der Waals surface area contributed by atoms with E-state index in [1.165, 1.54) is 12.1 Å². The summed E-state index contributed by atoms with van der Waals surface area (Å²) in [7, 11) is 3.78. The number of halogens is 7. The molecule has 0 bridgehead atoms. The largest absolute Gasteiger partial charge is 0.416 e. The van der Waals surface area contributed by atoms with Crippen LogP contribution in [0.1, 0.15) is 39.9 Å². The number of nitrogens with one attached hydrogen (secondary N) is 1. The second-order valence-electron chi connectivity index (χ2n) is 9.68. The molecule has 40 heavy (non-hydrogen) atoms. The molecule has 1 aromatic heterocycles. The number of benzene rings is 2. The number of aromatic nitrogens is 3. The Bertz CT molecular complexity index is 1230. The second-order valence-corrected chi connectivity index (χ2v) is 9.68. The molecule has 2 unspecified atom stereocenters. The Morgan fingerprint density at radius 1 is 1.02 bits per heavy atom. The minimum atomic E-state index is -4.94. The first-order valence-electron chi connectivity index (χ1n) is 12.4. The number of H-pyrrole nitrogens is 1. The van der Waals surface area contributed by atoms with Gasteiger partial charge in [-0.25, -0.2) is 9.37 Å². The first kappa shape index (κ1) is 29.9. The number of ether oxygens (including phenoxy) is 2. The van der Waals surface area contributed by atoms with Gasteiger partial charge in [-0.3, -0.25) is 10.00 Å². The summed E-state index contributed by atoms with van der Waals surface area (Å²) in [6, 6.07) is 6.57. The first-order valence-corrected chi connectivity index (χ1v) is 12.4. The van der Waals surface area contributed by atoms with Crippen LogP contribution in [-0.4, -0.2) is 65.1 Å². The maximum absolute atomic E-state index is 13.7. The van der Waals surface area contributed by atoms with Gasteiger partial charge in [0.1, 0.15) is 11.6 Å². The van der Waals surface area contributed by atoms with Crippen LogP contribution in [0.5, 0.6) is 0 Å². The Hall–Kier alpha value is -3.07. The zero-order valence-electron chi connectivity index (χ0n) is 21.7. The summed E-state index contributed by atoms with van der Waals surface area (Å²) in [5.41, 5.74) is -2.31. The van der Waals surface area contributed by atoms with Gasteiger partial charge in [0.2, 0.25) is 0 Å². The van der Waals surface area contributed by atoms with Gasteiger partial charge in [0.25, 0.3) is 0 Å². The van der Waals surface area contributed by atoms with Crippen LogP contribution in [-0.2, 0) is 41.3 Å². The fourth-order valence-corrected chi connectivity index (χ4v) is 4.45. The van der Waals surface area contributed by atoms with Crippen molar-refractivity contribution in [3.8, 4) is 0 Å². The Morgan fingerprint density at radius 2 is 1.68 bits per heavy atom. The van der Waals surface area contributed by atoms with E-state index < -0.39 is 41.6 Å². The summed E-state index contributed by atoms with van der Waals surface area (Å²) in [5, 5.41) is 7.14. The molecule has 0 saturated carbocycles. The summed E-state index contributed by atoms with van der Waals surface area (Å²) in [4.78, 5) is 8.39. The van der Waals surface area contributed by atoms with Gasteiger partial charge in [0.15, 0.2) is 12.1 Å². The minimum absolute atomic E-state index is 0.0874. The van der Waals surface area contributed by atoms with Gasteiger partial charge < -0.3 is 14.4 Å². The van der Waals surface area contributed by atoms with Crippen LogP contribution < -0.4 is 0 Å². The van der Waals surface area contributed by atoms with E-state index >= 15 is 0 Å². The molecule has 0 radical (unpaired) electrons. The molecular formula is C26H28F7N5O2. The lowest BCUT2D eigenvalue weighted by Gasteiger charge is -2.40. The zero-order chi connectivity index (χ0) is 29.1. The van der Waals surface area contributed by atoms with Gasteiger partial charge in [0, 0.05) is 6.54 Å². The van der Waals surface area contributed by atoms with Crippen LogP contribution in [0.25, 0.3) is 0 Å². The third kappa shape index (κ3) is 7.77. The van der Waals surface area contributed by atoms with E-state index in [0.717, 1.165) is 0 Å². The number of morpholine rings is 1. The highest BCUT2D eigenvalue weighted by atomic mass is 19.4. The smallest absolute Gasteiger partial charge is 0.350 e. The molecule has 218 valence electrons. The van der Waals surface area contributed by atoms with E-state index in [9.17, 15) is 30.7 Å². The fourth-order valence-electron chi connectivity index (χ4n) is 4.45. The van der Waals surface area contributed by atoms with Crippen molar-refractivity contribution in [2.75, 3.05) is 33.9 Å². The first-order chi connectivity index (χ1) is 18.8. The van der Waals surface area contributed by atoms with Crippen LogP contribution in [0.15, 0.2) is 42.5 Å². The number of hydrogen-bond acceptors (Lipinski definition) is 6. The summed E-state index contributed by atoms with van der Waals surface area (Å²) in [6.07, 6.45) is -11.0. The van der Waals surface area contributed by atoms with Crippen molar-refractivity contribution in [3.05, 3.63) is 82.2 Å². The van der Waals surface area contributed by atoms with Gasteiger partial charge in [-0.15, -0.1) is 0 Å². The fraction of sp³-hybridized carbons (Fsp3) is 0.462. The van der Waals surface area contributed by atoms with Crippen molar-refractivity contribution in [3.63, 3.8) is 0 Å². The Labute approximate surface area is 225 Å². The lowest BCUT2D eigenvalue weighted by molar-refractivity contribution is -0.212. The summed E-state index contributed by atoms with van der Waals surface area (Å²) in [5.74, 6) is 0.726. The van der Waals surface area contributed by atoms with Gasteiger partial charge in [-0.2, -0.15) is 31.4 Å². The maximum Gasteiger partial charge on any atom is 0.416 e. The normalized spacial score (nSPS) is 18.9. The molecule has 0 spiro atoms. The zero-order valence-corrected chi connectivity index (χ0v) is 21.7. The van der Waals surface area contributed by atoms with E-state index in [-0.39, 0.29) is 37.8 Å². The number of hydrogen-bond donors (Lipinski definition) is 1. The van der Waals surface area contributed by atoms with E-state index in [2.05, 4.69) is 15.2 Å². The molecule has 1 aliphatic heterocycles. The highest BCUT2D eigenvalue weighted by Crippen LogP contribution is 2.37. The molecule has 1 aliphatic rings. The summed E-state index contributed by atoms with van der Waals surface area (Å²) in [6.45, 7) is 1.30. The molecule has 0 aliphatic carbocycles. The molecule has 7 nitrogen and oxygen atoms in total. The van der Waals surface area contributed by atoms with E-state index in [0.29, 0.717) is 42.4 Å². The SMILES string of the molecule is CN(C)Cc1nc(CN2CCOC(OCCc3cc(C(F)(F)F)cc(C(F)(F)F)c3)C2c2ccc(F)cc2)n[nH]1. The number of rotatable bonds is 9. The minimum Gasteiger partial charge on any atom is -0.350 e. The Balaban J connectivity index is 1.52. The van der Waals surface area contributed by atoms with E-state index in [1.54, 1.807) is 12.1 Å². The molecule has 14 heteroatoms. The van der Waals surface area contributed by atoms with Crippen LogP contribution in [0, 0.1) is 5.82 Å². The predicted molar refractivity (Wildman–Crippen MR) is 129 cm³/mol. The molecule has 3 aromatic rings. The van der Waals surface area contributed by atoms with Gasteiger partial charge >= 0.3 is 12.4 Å². The lowest BCUT2D eigenvalue weighted by Crippen LogP contribution is -2.46. The van der Waals surface area contributed by atoms with Crippen molar-refractivity contribution in [1.82, 2.24) is 25.0 Å². The third-order valence-corrected chi connectivity index (χ3v) is 6.23. The number of alkyl halides is 6. The van der Waals surface area contributed by atoms with Crippen molar-refractivity contribution in [2.45, 2.75) is 44.2 Å². The topological polar surface area (TPSA) is 66.5 Å². The van der Waals surface area contributed by atoms with Gasteiger partial charge in [0.05, 0.1) is 43.5 Å². The Morgan fingerprint density at radius 3 is 2.27 bits per heavy atom. The summed E-state index contributed by atoms with van der Waals surface area (Å²) < 4.78 is 105. The summed E-state index contributed by atoms with van der Waals surface area (Å²) >= 11 is 0. The molecule has 2 aromatic carbocycles. The van der Waals surface area contributed by atoms with Gasteiger partial charge in [-0.05, 0) is 62.0 Å². The average Bonchev–Trinajstić information content (AvgIpc) is 3.29. The molecule has 2 heterocycles. The van der Waals surface area contributed by atoms with Crippen LogP contribution in [0.3, 0.4) is 0 Å². The Kier molecular flexibility index (Phi) is 9.12. The lowest BCUT2D eigenvalue weighted by atomic mass is 10.0. The molecule has 1 saturated heterocycles. The van der Waals surface area contributed by atoms with Crippen LogP contribution in [0.2, 0.25) is 0 Å². The molecule has 1 fully saturated rings. The third-order valence-electron chi connectivity index (χ3n) is 6.23. The van der Waals surface area contributed by atoms with E-state index in [1.807, 2.05) is 23.9 Å². The molecular weight excluding hydrogens is 547 g/mol. The quantitative estimate of drug-likeness (QED) is 0.354. The van der Waals surface area contributed by atoms with Crippen molar-refractivity contribution in [1.29, 1.82) is 0 Å². The van der Waals surface area contributed by atoms with Gasteiger partial charge in [-0.1, -0.05) is 12.1 Å². The van der Waals surface area contributed by atoms with E-state index in [4.69, 9.17) is 9.47 Å². The van der Waals surface area contributed by atoms with Crippen molar-refractivity contribution >= 4 is 0 Å². The number of nitrogens with zero attached hydrogens (tertiary/aromatic N) is 4. The standard InChI is InChI=1S/C26H28F7N5O2/c1-37(2)14-21-34-22(36-35-21)15-38-8-10-40-24(23(38)17-3-5-20(27)6-4-17)39-9-7-16-11-18(25(28,29)30)13-19(12-16)26(31,32)33/h3-6,11-13,23-24H,7-10,14-15H2,1-2H3,(H,34,35,36). The van der Waals surface area contributed by atoms with Crippen molar-refractivity contribution < 1.29 is 40.2 Å². The van der Waals surface area contributed by atoms with Crippen molar-refractivity contribution in [2.24, 2.45) is 0 Å². The molecule has 0 amide bonds. The molecule has 4 rings (SSSR count). The highest BCUT2D eigenvalue weighted by molar-refractivity contribution is 5.33. The molecule has 2 atom stereocenters. The predicted octanol–water partition coefficient (Wildman–Crippen LogP) is 5.20. The molecule has 1 N–H and O–H groups in total. The average molecular weight is 576 g/mol. The monoisotopic (exact) mass is 575 g/mol. The van der Waals surface area contributed by atoms with Crippen LogP contribution >= 0.6 is 0 Å². The maximum atomic E-state index is 13.7.